The molecule has 180 valence electrons. The van der Waals surface area contributed by atoms with Gasteiger partial charge in [-0.1, -0.05) is 11.6 Å². The normalized spacial score (nSPS) is 16.0. The van der Waals surface area contributed by atoms with Crippen molar-refractivity contribution in [2.75, 3.05) is 30.3 Å². The van der Waals surface area contributed by atoms with E-state index in [4.69, 9.17) is 32.0 Å². The first kappa shape index (κ1) is 23.0. The second-order valence-electron chi connectivity index (χ2n) is 8.39. The average Bonchev–Trinajstić information content (AvgIpc) is 3.21. The lowest BCUT2D eigenvalue weighted by molar-refractivity contribution is -0.148. The van der Waals surface area contributed by atoms with Gasteiger partial charge >= 0.3 is 5.97 Å². The van der Waals surface area contributed by atoms with Gasteiger partial charge in [0.05, 0.1) is 29.3 Å². The van der Waals surface area contributed by atoms with E-state index in [-0.39, 0.29) is 17.7 Å². The number of nitrogens with two attached hydrogens (primary N) is 1. The molecule has 5 rings (SSSR count). The van der Waals surface area contributed by atoms with Crippen molar-refractivity contribution >= 4 is 40.4 Å². The first-order valence-electron chi connectivity index (χ1n) is 11.4. The Morgan fingerprint density at radius 1 is 1.17 bits per heavy atom. The Morgan fingerprint density at radius 3 is 2.63 bits per heavy atom. The van der Waals surface area contributed by atoms with Gasteiger partial charge < -0.3 is 15.4 Å². The van der Waals surface area contributed by atoms with Crippen molar-refractivity contribution in [3.05, 3.63) is 59.4 Å². The van der Waals surface area contributed by atoms with Gasteiger partial charge in [0.15, 0.2) is 5.65 Å². The largest absolute Gasteiger partial charge is 0.466 e. The van der Waals surface area contributed by atoms with Crippen LogP contribution in [0.25, 0.3) is 28.0 Å². The van der Waals surface area contributed by atoms with Gasteiger partial charge in [-0.2, -0.15) is 4.98 Å². The number of esters is 1. The topological polar surface area (TPSA) is 99.2 Å². The third-order valence-corrected chi connectivity index (χ3v) is 6.32. The molecule has 1 aliphatic heterocycles. The van der Waals surface area contributed by atoms with Crippen LogP contribution in [0.3, 0.4) is 0 Å². The van der Waals surface area contributed by atoms with Gasteiger partial charge in [0.2, 0.25) is 5.95 Å². The van der Waals surface area contributed by atoms with Crippen molar-refractivity contribution < 1.29 is 13.9 Å². The van der Waals surface area contributed by atoms with Gasteiger partial charge in [0, 0.05) is 23.7 Å². The van der Waals surface area contributed by atoms with E-state index in [1.165, 1.54) is 12.1 Å². The SMILES string of the molecule is CCOC(=O)[C@H]1CCCN(c2nc(-c3ccc(F)cc3)c3c(N)n(-c4ccc(Cl)cc4)nc3n2)C1. The molecule has 0 unspecified atom stereocenters. The van der Waals surface area contributed by atoms with Crippen LogP contribution in [-0.4, -0.2) is 45.4 Å². The Morgan fingerprint density at radius 2 is 1.91 bits per heavy atom. The molecule has 4 aromatic rings. The fraction of sp³-hybridized carbons (Fsp3) is 0.280. The van der Waals surface area contributed by atoms with Crippen molar-refractivity contribution in [2.45, 2.75) is 19.8 Å². The summed E-state index contributed by atoms with van der Waals surface area (Å²) in [7, 11) is 0. The quantitative estimate of drug-likeness (QED) is 0.403. The lowest BCUT2D eigenvalue weighted by Crippen LogP contribution is -2.40. The van der Waals surface area contributed by atoms with E-state index in [1.807, 2.05) is 17.0 Å². The summed E-state index contributed by atoms with van der Waals surface area (Å²) in [5.41, 5.74) is 8.89. The number of benzene rings is 2. The smallest absolute Gasteiger partial charge is 0.310 e. The second kappa shape index (κ2) is 9.50. The molecule has 0 bridgehead atoms. The number of anilines is 2. The molecule has 2 aromatic carbocycles. The zero-order valence-electron chi connectivity index (χ0n) is 19.1. The van der Waals surface area contributed by atoms with Crippen molar-refractivity contribution in [3.8, 4) is 16.9 Å². The molecule has 1 aliphatic rings. The molecular weight excluding hydrogens is 471 g/mol. The van der Waals surface area contributed by atoms with E-state index >= 15 is 0 Å². The predicted molar refractivity (Wildman–Crippen MR) is 133 cm³/mol. The third-order valence-electron chi connectivity index (χ3n) is 6.07. The number of carbonyl (C=O) groups excluding carboxylic acids is 1. The summed E-state index contributed by atoms with van der Waals surface area (Å²) in [5, 5.41) is 5.82. The number of fused-ring (bicyclic) bond motifs is 1. The van der Waals surface area contributed by atoms with Crippen molar-refractivity contribution in [1.29, 1.82) is 0 Å². The van der Waals surface area contributed by atoms with Crippen LogP contribution in [0.5, 0.6) is 0 Å². The summed E-state index contributed by atoms with van der Waals surface area (Å²) < 4.78 is 20.5. The van der Waals surface area contributed by atoms with Crippen LogP contribution in [0.15, 0.2) is 48.5 Å². The lowest BCUT2D eigenvalue weighted by atomic mass is 9.98. The number of carbonyl (C=O) groups is 1. The summed E-state index contributed by atoms with van der Waals surface area (Å²) in [6, 6.07) is 13.2. The van der Waals surface area contributed by atoms with Gasteiger partial charge in [0.25, 0.3) is 0 Å². The van der Waals surface area contributed by atoms with Gasteiger partial charge in [-0.3, -0.25) is 4.79 Å². The molecule has 8 nitrogen and oxygen atoms in total. The highest BCUT2D eigenvalue weighted by Gasteiger charge is 2.29. The van der Waals surface area contributed by atoms with Gasteiger partial charge in [0.1, 0.15) is 11.6 Å². The van der Waals surface area contributed by atoms with Crippen LogP contribution in [-0.2, 0) is 9.53 Å². The molecule has 10 heteroatoms. The number of ether oxygens (including phenoxy) is 1. The summed E-state index contributed by atoms with van der Waals surface area (Å²) in [4.78, 5) is 23.9. The Labute approximate surface area is 206 Å². The molecule has 2 aromatic heterocycles. The fourth-order valence-electron chi connectivity index (χ4n) is 4.35. The Hall–Kier alpha value is -3.72. The minimum absolute atomic E-state index is 0.215. The van der Waals surface area contributed by atoms with Crippen LogP contribution in [0, 0.1) is 11.7 Å². The van der Waals surface area contributed by atoms with Crippen LogP contribution in [0.2, 0.25) is 5.02 Å². The molecule has 0 saturated carbocycles. The molecule has 0 spiro atoms. The molecule has 35 heavy (non-hydrogen) atoms. The summed E-state index contributed by atoms with van der Waals surface area (Å²) in [5.74, 6) is -0.0255. The first-order valence-corrected chi connectivity index (χ1v) is 11.8. The van der Waals surface area contributed by atoms with Gasteiger partial charge in [-0.15, -0.1) is 5.10 Å². The van der Waals surface area contributed by atoms with Crippen LogP contribution >= 0.6 is 11.6 Å². The molecule has 3 heterocycles. The highest BCUT2D eigenvalue weighted by atomic mass is 35.5. The van der Waals surface area contributed by atoms with Gasteiger partial charge in [-0.05, 0) is 68.3 Å². The molecule has 2 N–H and O–H groups in total. The second-order valence-corrected chi connectivity index (χ2v) is 8.82. The van der Waals surface area contributed by atoms with Crippen molar-refractivity contribution in [2.24, 2.45) is 5.92 Å². The lowest BCUT2D eigenvalue weighted by Gasteiger charge is -2.31. The molecule has 1 atom stereocenters. The van der Waals surface area contributed by atoms with Crippen molar-refractivity contribution in [3.63, 3.8) is 0 Å². The zero-order chi connectivity index (χ0) is 24.5. The van der Waals surface area contributed by atoms with Gasteiger partial charge in [-0.25, -0.2) is 14.1 Å². The highest BCUT2D eigenvalue weighted by molar-refractivity contribution is 6.30. The molecule has 1 fully saturated rings. The van der Waals surface area contributed by atoms with E-state index < -0.39 is 0 Å². The van der Waals surface area contributed by atoms with Crippen LogP contribution < -0.4 is 10.6 Å². The Bertz CT molecular complexity index is 1370. The standard InChI is InChI=1S/C25H24ClFN6O2/c1-2-35-24(34)16-4-3-13-32(14-16)25-29-21(15-5-9-18(27)10-6-15)20-22(28)33(31-23(20)30-25)19-11-7-17(26)8-12-19/h5-12,16H,2-4,13-14,28H2,1H3/t16-/m0/s1. The molecule has 0 aliphatic carbocycles. The Kier molecular flexibility index (Phi) is 6.25. The highest BCUT2D eigenvalue weighted by Crippen LogP contribution is 2.34. The van der Waals surface area contributed by atoms with E-state index in [0.29, 0.717) is 58.8 Å². The number of nitrogen functional groups attached to an aromatic ring is 1. The molecular formula is C25H24ClFN6O2. The molecule has 0 radical (unpaired) electrons. The number of piperidine rings is 1. The Balaban J connectivity index is 1.63. The summed E-state index contributed by atoms with van der Waals surface area (Å²) in [6.45, 7) is 3.28. The number of rotatable bonds is 5. The first-order chi connectivity index (χ1) is 16.9. The zero-order valence-corrected chi connectivity index (χ0v) is 19.9. The van der Waals surface area contributed by atoms with E-state index in [2.05, 4.69) is 5.10 Å². The molecule has 0 amide bonds. The minimum Gasteiger partial charge on any atom is -0.466 e. The maximum atomic E-state index is 13.7. The van der Waals surface area contributed by atoms with Crippen LogP contribution in [0.1, 0.15) is 19.8 Å². The molecule has 1 saturated heterocycles. The van der Waals surface area contributed by atoms with Crippen LogP contribution in [0.4, 0.5) is 16.2 Å². The number of hydrogen-bond donors (Lipinski definition) is 1. The monoisotopic (exact) mass is 494 g/mol. The maximum Gasteiger partial charge on any atom is 0.310 e. The third kappa shape index (κ3) is 4.51. The van der Waals surface area contributed by atoms with E-state index in [0.717, 1.165) is 18.5 Å². The van der Waals surface area contributed by atoms with E-state index in [9.17, 15) is 9.18 Å². The number of nitrogens with zero attached hydrogens (tertiary/aromatic N) is 5. The fourth-order valence-corrected chi connectivity index (χ4v) is 4.47. The summed E-state index contributed by atoms with van der Waals surface area (Å²) >= 11 is 6.04. The maximum absolute atomic E-state index is 13.7. The summed E-state index contributed by atoms with van der Waals surface area (Å²) in [6.07, 6.45) is 1.55. The number of aromatic nitrogens is 4. The number of hydrogen-bond acceptors (Lipinski definition) is 7. The van der Waals surface area contributed by atoms with E-state index in [1.54, 1.807) is 35.9 Å². The minimum atomic E-state index is -0.350. The predicted octanol–water partition coefficient (Wildman–Crippen LogP) is 4.64. The average molecular weight is 495 g/mol. The van der Waals surface area contributed by atoms with Crippen molar-refractivity contribution in [1.82, 2.24) is 19.7 Å². The number of halogens is 2.